The van der Waals surface area contributed by atoms with Crippen LogP contribution in [0.1, 0.15) is 31.4 Å². The quantitative estimate of drug-likeness (QED) is 0.881. The Labute approximate surface area is 112 Å². The van der Waals surface area contributed by atoms with Crippen molar-refractivity contribution in [1.82, 2.24) is 5.32 Å². The lowest BCUT2D eigenvalue weighted by molar-refractivity contribution is 0.150. The van der Waals surface area contributed by atoms with Crippen LogP contribution >= 0.6 is 23.2 Å². The summed E-state index contributed by atoms with van der Waals surface area (Å²) in [4.78, 5) is 0. The van der Waals surface area contributed by atoms with Crippen molar-refractivity contribution in [3.05, 3.63) is 33.8 Å². The summed E-state index contributed by atoms with van der Waals surface area (Å²) >= 11 is 11.9. The zero-order valence-electron chi connectivity index (χ0n) is 9.79. The molecule has 1 aromatic carbocycles. The molecule has 0 saturated heterocycles. The standard InChI is InChI=1S/C13H17Cl2NO/c1-8-4-10(5-8)16-7-13(17)11-6-9(14)2-3-12(11)15/h2-3,6,8,10,13,16-17H,4-5,7H2,1H3. The molecule has 0 amide bonds. The van der Waals surface area contributed by atoms with Crippen LogP contribution in [0.15, 0.2) is 18.2 Å². The predicted octanol–water partition coefficient (Wildman–Crippen LogP) is 3.41. The lowest BCUT2D eigenvalue weighted by Crippen LogP contribution is -2.41. The number of nitrogens with one attached hydrogen (secondary N) is 1. The molecule has 1 aromatic rings. The lowest BCUT2D eigenvalue weighted by atomic mass is 9.82. The van der Waals surface area contributed by atoms with Crippen LogP contribution in [-0.4, -0.2) is 17.7 Å². The summed E-state index contributed by atoms with van der Waals surface area (Å²) in [5.41, 5.74) is 0.694. The summed E-state index contributed by atoms with van der Waals surface area (Å²) in [6, 6.07) is 5.70. The van der Waals surface area contributed by atoms with Gasteiger partial charge in [0.05, 0.1) is 6.10 Å². The first-order chi connectivity index (χ1) is 8.06. The molecule has 4 heteroatoms. The smallest absolute Gasteiger partial charge is 0.0929 e. The number of benzene rings is 1. The number of aliphatic hydroxyl groups is 1. The van der Waals surface area contributed by atoms with Crippen molar-refractivity contribution < 1.29 is 5.11 Å². The molecule has 2 rings (SSSR count). The highest BCUT2D eigenvalue weighted by molar-refractivity contribution is 6.33. The Morgan fingerprint density at radius 2 is 2.12 bits per heavy atom. The first kappa shape index (κ1) is 13.2. The number of aliphatic hydroxyl groups excluding tert-OH is 1. The van der Waals surface area contributed by atoms with E-state index in [-0.39, 0.29) is 0 Å². The normalized spacial score (nSPS) is 25.4. The van der Waals surface area contributed by atoms with E-state index in [2.05, 4.69) is 12.2 Å². The van der Waals surface area contributed by atoms with Gasteiger partial charge in [-0.05, 0) is 37.0 Å². The summed E-state index contributed by atoms with van der Waals surface area (Å²) in [5, 5.41) is 14.6. The zero-order chi connectivity index (χ0) is 12.4. The number of hydrogen-bond donors (Lipinski definition) is 2. The van der Waals surface area contributed by atoms with Crippen molar-refractivity contribution in [1.29, 1.82) is 0 Å². The molecule has 0 aromatic heterocycles. The van der Waals surface area contributed by atoms with Crippen LogP contribution in [0.25, 0.3) is 0 Å². The third-order valence-corrected chi connectivity index (χ3v) is 3.87. The van der Waals surface area contributed by atoms with Crippen molar-refractivity contribution in [2.45, 2.75) is 31.9 Å². The molecule has 1 aliphatic carbocycles. The number of hydrogen-bond acceptors (Lipinski definition) is 2. The molecule has 94 valence electrons. The molecular weight excluding hydrogens is 257 g/mol. The van der Waals surface area contributed by atoms with Crippen LogP contribution in [0.4, 0.5) is 0 Å². The van der Waals surface area contributed by atoms with Gasteiger partial charge in [0.15, 0.2) is 0 Å². The Kier molecular flexibility index (Phi) is 4.31. The molecule has 1 saturated carbocycles. The Morgan fingerprint density at radius 3 is 2.76 bits per heavy atom. The summed E-state index contributed by atoms with van der Waals surface area (Å²) in [6.07, 6.45) is 1.78. The topological polar surface area (TPSA) is 32.3 Å². The third-order valence-electron chi connectivity index (χ3n) is 3.29. The fourth-order valence-electron chi connectivity index (χ4n) is 2.23. The summed E-state index contributed by atoms with van der Waals surface area (Å²) in [7, 11) is 0. The van der Waals surface area contributed by atoms with Crippen LogP contribution in [-0.2, 0) is 0 Å². The van der Waals surface area contributed by atoms with Crippen molar-refractivity contribution in [3.63, 3.8) is 0 Å². The molecule has 17 heavy (non-hydrogen) atoms. The van der Waals surface area contributed by atoms with Gasteiger partial charge in [0.2, 0.25) is 0 Å². The molecule has 1 aliphatic rings. The van der Waals surface area contributed by atoms with Gasteiger partial charge in [-0.15, -0.1) is 0 Å². The third kappa shape index (κ3) is 3.35. The van der Waals surface area contributed by atoms with E-state index >= 15 is 0 Å². The minimum absolute atomic E-state index is 0.525. The van der Waals surface area contributed by atoms with Crippen molar-refractivity contribution in [2.24, 2.45) is 5.92 Å². The molecule has 2 N–H and O–H groups in total. The Bertz CT molecular complexity index is 391. The average molecular weight is 274 g/mol. The van der Waals surface area contributed by atoms with Crippen molar-refractivity contribution >= 4 is 23.2 Å². The minimum Gasteiger partial charge on any atom is -0.387 e. The van der Waals surface area contributed by atoms with E-state index in [4.69, 9.17) is 23.2 Å². The maximum atomic E-state index is 10.1. The Hall–Kier alpha value is -0.280. The van der Waals surface area contributed by atoms with E-state index in [1.54, 1.807) is 18.2 Å². The van der Waals surface area contributed by atoms with Gasteiger partial charge in [0.1, 0.15) is 0 Å². The summed E-state index contributed by atoms with van der Waals surface area (Å²) in [5.74, 6) is 0.805. The first-order valence-corrected chi connectivity index (χ1v) is 6.68. The second-order valence-electron chi connectivity index (χ2n) is 4.86. The van der Waals surface area contributed by atoms with Gasteiger partial charge in [-0.1, -0.05) is 30.1 Å². The lowest BCUT2D eigenvalue weighted by Gasteiger charge is -2.34. The van der Waals surface area contributed by atoms with E-state index in [9.17, 15) is 5.11 Å². The molecule has 0 aliphatic heterocycles. The van der Waals surface area contributed by atoms with Gasteiger partial charge in [0.25, 0.3) is 0 Å². The van der Waals surface area contributed by atoms with E-state index < -0.39 is 6.10 Å². The monoisotopic (exact) mass is 273 g/mol. The summed E-state index contributed by atoms with van der Waals surface area (Å²) in [6.45, 7) is 2.76. The van der Waals surface area contributed by atoms with Gasteiger partial charge in [-0.25, -0.2) is 0 Å². The largest absolute Gasteiger partial charge is 0.387 e. The van der Waals surface area contributed by atoms with Gasteiger partial charge < -0.3 is 10.4 Å². The summed E-state index contributed by atoms with van der Waals surface area (Å²) < 4.78 is 0. The highest BCUT2D eigenvalue weighted by Gasteiger charge is 2.25. The molecule has 2 nitrogen and oxygen atoms in total. The highest BCUT2D eigenvalue weighted by Crippen LogP contribution is 2.28. The van der Waals surface area contributed by atoms with Crippen LogP contribution in [0.2, 0.25) is 10.0 Å². The number of halogens is 2. The minimum atomic E-state index is -0.600. The maximum absolute atomic E-state index is 10.1. The molecule has 1 atom stereocenters. The highest BCUT2D eigenvalue weighted by atomic mass is 35.5. The van der Waals surface area contributed by atoms with Crippen LogP contribution in [0.5, 0.6) is 0 Å². The van der Waals surface area contributed by atoms with Crippen molar-refractivity contribution in [3.8, 4) is 0 Å². The van der Waals surface area contributed by atoms with E-state index in [0.29, 0.717) is 28.2 Å². The predicted molar refractivity (Wildman–Crippen MR) is 71.6 cm³/mol. The molecule has 1 fully saturated rings. The Morgan fingerprint density at radius 1 is 1.41 bits per heavy atom. The molecule has 0 radical (unpaired) electrons. The van der Waals surface area contributed by atoms with Gasteiger partial charge in [-0.3, -0.25) is 0 Å². The van der Waals surface area contributed by atoms with Crippen LogP contribution < -0.4 is 5.32 Å². The van der Waals surface area contributed by atoms with E-state index in [1.807, 2.05) is 0 Å². The second kappa shape index (κ2) is 5.57. The molecule has 0 spiro atoms. The maximum Gasteiger partial charge on any atom is 0.0929 e. The molecule has 0 bridgehead atoms. The molecular formula is C13H17Cl2NO. The zero-order valence-corrected chi connectivity index (χ0v) is 11.3. The molecule has 0 heterocycles. The van der Waals surface area contributed by atoms with E-state index in [1.165, 1.54) is 12.8 Å². The molecule has 1 unspecified atom stereocenters. The fourth-order valence-corrected chi connectivity index (χ4v) is 2.65. The van der Waals surface area contributed by atoms with E-state index in [0.717, 1.165) is 5.92 Å². The van der Waals surface area contributed by atoms with Gasteiger partial charge >= 0.3 is 0 Å². The fraction of sp³-hybridized carbons (Fsp3) is 0.538. The Balaban J connectivity index is 1.90. The first-order valence-electron chi connectivity index (χ1n) is 5.92. The SMILES string of the molecule is CC1CC(NCC(O)c2cc(Cl)ccc2Cl)C1. The van der Waals surface area contributed by atoms with Gasteiger partial charge in [-0.2, -0.15) is 0 Å². The number of rotatable bonds is 4. The van der Waals surface area contributed by atoms with Crippen molar-refractivity contribution in [2.75, 3.05) is 6.54 Å². The average Bonchev–Trinajstić information content (AvgIpc) is 2.26. The van der Waals surface area contributed by atoms with Crippen LogP contribution in [0, 0.1) is 5.92 Å². The van der Waals surface area contributed by atoms with Crippen LogP contribution in [0.3, 0.4) is 0 Å². The second-order valence-corrected chi connectivity index (χ2v) is 5.71. The van der Waals surface area contributed by atoms with Gasteiger partial charge in [0, 0.05) is 28.2 Å².